The second-order valence-electron chi connectivity index (χ2n) is 4.39. The molecule has 1 heterocycles. The van der Waals surface area contributed by atoms with Gasteiger partial charge in [-0.3, -0.25) is 4.68 Å². The highest BCUT2D eigenvalue weighted by Crippen LogP contribution is 2.23. The number of aromatic nitrogens is 2. The molecule has 0 fully saturated rings. The van der Waals surface area contributed by atoms with Crippen LogP contribution in [-0.2, 0) is 19.9 Å². The monoisotopic (exact) mass is 227 g/mol. The van der Waals surface area contributed by atoms with Crippen LogP contribution < -0.4 is 5.73 Å². The van der Waals surface area contributed by atoms with Gasteiger partial charge in [0.15, 0.2) is 0 Å². The summed E-state index contributed by atoms with van der Waals surface area (Å²) in [5.41, 5.74) is 6.18. The van der Waals surface area contributed by atoms with Crippen molar-refractivity contribution in [3.8, 4) is 0 Å². The van der Waals surface area contributed by atoms with Gasteiger partial charge in [0, 0.05) is 25.7 Å². The van der Waals surface area contributed by atoms with E-state index < -0.39 is 5.67 Å². The van der Waals surface area contributed by atoms with Crippen molar-refractivity contribution < 1.29 is 4.39 Å². The Morgan fingerprint density at radius 1 is 1.50 bits per heavy atom. The second kappa shape index (κ2) is 5.43. The summed E-state index contributed by atoms with van der Waals surface area (Å²) >= 11 is 0. The number of nitrogens with zero attached hydrogens (tertiary/aromatic N) is 2. The Hall–Kier alpha value is -0.900. The predicted molar refractivity (Wildman–Crippen MR) is 64.1 cm³/mol. The molecule has 0 aliphatic carbocycles. The first-order valence-electron chi connectivity index (χ1n) is 5.95. The summed E-state index contributed by atoms with van der Waals surface area (Å²) < 4.78 is 16.1. The van der Waals surface area contributed by atoms with Gasteiger partial charge in [0.1, 0.15) is 5.67 Å². The first-order chi connectivity index (χ1) is 7.54. The smallest absolute Gasteiger partial charge is 0.128 e. The summed E-state index contributed by atoms with van der Waals surface area (Å²) in [5, 5.41) is 4.32. The van der Waals surface area contributed by atoms with E-state index in [1.54, 1.807) is 4.68 Å². The zero-order chi connectivity index (χ0) is 12.2. The molecule has 1 aromatic rings. The molecule has 0 aliphatic rings. The lowest BCUT2D eigenvalue weighted by molar-refractivity contribution is 0.155. The van der Waals surface area contributed by atoms with Crippen LogP contribution in [0.4, 0.5) is 4.39 Å². The average Bonchev–Trinajstić information content (AvgIpc) is 2.60. The molecule has 0 saturated heterocycles. The molecule has 0 saturated carbocycles. The highest BCUT2D eigenvalue weighted by molar-refractivity contribution is 5.13. The summed E-state index contributed by atoms with van der Waals surface area (Å²) in [5.74, 6) is 0. The van der Waals surface area contributed by atoms with Crippen LogP contribution in [0.25, 0.3) is 0 Å². The molecule has 0 spiro atoms. The summed E-state index contributed by atoms with van der Waals surface area (Å²) in [6.07, 6.45) is 2.56. The van der Waals surface area contributed by atoms with Crippen LogP contribution in [0.1, 0.15) is 38.1 Å². The third-order valence-electron chi connectivity index (χ3n) is 2.95. The lowest BCUT2D eigenvalue weighted by Crippen LogP contribution is -2.35. The van der Waals surface area contributed by atoms with E-state index in [0.29, 0.717) is 12.8 Å². The molecule has 1 rings (SSSR count). The van der Waals surface area contributed by atoms with Gasteiger partial charge in [0.25, 0.3) is 0 Å². The largest absolute Gasteiger partial charge is 0.328 e. The Kier molecular flexibility index (Phi) is 4.47. The minimum absolute atomic E-state index is 0.0769. The second-order valence-corrected chi connectivity index (χ2v) is 4.39. The van der Waals surface area contributed by atoms with Crippen molar-refractivity contribution in [2.45, 2.75) is 45.2 Å². The van der Waals surface area contributed by atoms with E-state index in [0.717, 1.165) is 24.2 Å². The van der Waals surface area contributed by atoms with Crippen molar-refractivity contribution in [1.82, 2.24) is 9.78 Å². The SMILES string of the molecule is CCCC(F)(CN)Cc1cc(CC)nn1C. The fraction of sp³-hybridized carbons (Fsp3) is 0.750. The zero-order valence-corrected chi connectivity index (χ0v) is 10.5. The minimum Gasteiger partial charge on any atom is -0.328 e. The van der Waals surface area contributed by atoms with Gasteiger partial charge in [-0.05, 0) is 18.9 Å². The molecular weight excluding hydrogens is 205 g/mol. The molecular formula is C12H22FN3. The van der Waals surface area contributed by atoms with E-state index in [-0.39, 0.29) is 6.54 Å². The predicted octanol–water partition coefficient (Wildman–Crippen LogP) is 1.99. The van der Waals surface area contributed by atoms with E-state index in [2.05, 4.69) is 5.10 Å². The first-order valence-corrected chi connectivity index (χ1v) is 5.95. The number of hydrogen-bond acceptors (Lipinski definition) is 2. The number of hydrogen-bond donors (Lipinski definition) is 1. The third-order valence-corrected chi connectivity index (χ3v) is 2.95. The molecule has 0 aliphatic heterocycles. The fourth-order valence-electron chi connectivity index (χ4n) is 1.94. The van der Waals surface area contributed by atoms with E-state index in [4.69, 9.17) is 5.73 Å². The van der Waals surface area contributed by atoms with Gasteiger partial charge in [-0.2, -0.15) is 5.10 Å². The molecule has 4 heteroatoms. The quantitative estimate of drug-likeness (QED) is 0.807. The highest BCUT2D eigenvalue weighted by Gasteiger charge is 2.28. The minimum atomic E-state index is -1.28. The lowest BCUT2D eigenvalue weighted by Gasteiger charge is -2.22. The van der Waals surface area contributed by atoms with E-state index in [1.165, 1.54) is 0 Å². The van der Waals surface area contributed by atoms with Crippen molar-refractivity contribution in [1.29, 1.82) is 0 Å². The normalized spacial score (nSPS) is 15.1. The molecule has 92 valence electrons. The number of nitrogens with two attached hydrogens (primary N) is 1. The molecule has 1 unspecified atom stereocenters. The Labute approximate surface area is 96.8 Å². The van der Waals surface area contributed by atoms with Crippen LogP contribution in [0.15, 0.2) is 6.07 Å². The zero-order valence-electron chi connectivity index (χ0n) is 10.5. The van der Waals surface area contributed by atoms with Crippen LogP contribution >= 0.6 is 0 Å². The Morgan fingerprint density at radius 3 is 2.62 bits per heavy atom. The highest BCUT2D eigenvalue weighted by atomic mass is 19.1. The first kappa shape index (κ1) is 13.2. The molecule has 3 nitrogen and oxygen atoms in total. The van der Waals surface area contributed by atoms with Gasteiger partial charge in [-0.25, -0.2) is 4.39 Å². The lowest BCUT2D eigenvalue weighted by atomic mass is 9.94. The number of aryl methyl sites for hydroxylation is 2. The molecule has 0 bridgehead atoms. The van der Waals surface area contributed by atoms with Crippen LogP contribution in [0.5, 0.6) is 0 Å². The van der Waals surface area contributed by atoms with Crippen LogP contribution in [-0.4, -0.2) is 22.0 Å². The van der Waals surface area contributed by atoms with Gasteiger partial charge < -0.3 is 5.73 Å². The Morgan fingerprint density at radius 2 is 2.19 bits per heavy atom. The third kappa shape index (κ3) is 3.04. The maximum absolute atomic E-state index is 14.3. The Bertz CT molecular complexity index is 335. The van der Waals surface area contributed by atoms with E-state index in [1.807, 2.05) is 27.0 Å². The van der Waals surface area contributed by atoms with Crippen molar-refractivity contribution in [2.75, 3.05) is 6.54 Å². The molecule has 0 aromatic carbocycles. The van der Waals surface area contributed by atoms with Crippen molar-refractivity contribution in [2.24, 2.45) is 12.8 Å². The van der Waals surface area contributed by atoms with Gasteiger partial charge >= 0.3 is 0 Å². The van der Waals surface area contributed by atoms with Crippen molar-refractivity contribution in [3.05, 3.63) is 17.5 Å². The maximum Gasteiger partial charge on any atom is 0.128 e. The van der Waals surface area contributed by atoms with E-state index in [9.17, 15) is 4.39 Å². The van der Waals surface area contributed by atoms with E-state index >= 15 is 0 Å². The van der Waals surface area contributed by atoms with Gasteiger partial charge in [0.05, 0.1) is 5.69 Å². The van der Waals surface area contributed by atoms with Gasteiger partial charge in [-0.15, -0.1) is 0 Å². The summed E-state index contributed by atoms with van der Waals surface area (Å²) in [6, 6.07) is 1.97. The van der Waals surface area contributed by atoms with Crippen LogP contribution in [0, 0.1) is 0 Å². The molecule has 2 N–H and O–H groups in total. The van der Waals surface area contributed by atoms with Crippen LogP contribution in [0.2, 0.25) is 0 Å². The topological polar surface area (TPSA) is 43.8 Å². The Balaban J connectivity index is 2.80. The fourth-order valence-corrected chi connectivity index (χ4v) is 1.94. The van der Waals surface area contributed by atoms with Crippen molar-refractivity contribution in [3.63, 3.8) is 0 Å². The van der Waals surface area contributed by atoms with Gasteiger partial charge in [-0.1, -0.05) is 20.3 Å². The van der Waals surface area contributed by atoms with Crippen LogP contribution in [0.3, 0.4) is 0 Å². The standard InChI is InChI=1S/C12H22FN3/c1-4-6-12(13,9-14)8-11-7-10(5-2)15-16(11)3/h7H,4-6,8-9,14H2,1-3H3. The molecule has 16 heavy (non-hydrogen) atoms. The molecule has 1 atom stereocenters. The number of rotatable bonds is 6. The molecule has 0 radical (unpaired) electrons. The molecule has 0 amide bonds. The summed E-state index contributed by atoms with van der Waals surface area (Å²) in [7, 11) is 1.86. The maximum atomic E-state index is 14.3. The summed E-state index contributed by atoms with van der Waals surface area (Å²) in [4.78, 5) is 0. The average molecular weight is 227 g/mol. The molecule has 1 aromatic heterocycles. The summed E-state index contributed by atoms with van der Waals surface area (Å²) in [6.45, 7) is 4.10. The van der Waals surface area contributed by atoms with Crippen molar-refractivity contribution >= 4 is 0 Å². The number of halogens is 1. The number of alkyl halides is 1. The van der Waals surface area contributed by atoms with Gasteiger partial charge in [0.2, 0.25) is 0 Å².